The van der Waals surface area contributed by atoms with Gasteiger partial charge in [-0.1, -0.05) is 68.3 Å². The Hall–Kier alpha value is -1.02. The lowest BCUT2D eigenvalue weighted by Crippen LogP contribution is -2.33. The van der Waals surface area contributed by atoms with Crippen molar-refractivity contribution < 1.29 is 4.79 Å². The minimum Gasteiger partial charge on any atom is -0.282 e. The molecular formula is C17H22OS. The molecule has 1 aromatic rings. The second kappa shape index (κ2) is 6.42. The Morgan fingerprint density at radius 2 is 2.16 bits per heavy atom. The molecule has 0 N–H and O–H groups in total. The molecule has 0 saturated carbocycles. The third-order valence-corrected chi connectivity index (χ3v) is 5.16. The second-order valence-electron chi connectivity index (χ2n) is 5.36. The first-order valence-electron chi connectivity index (χ1n) is 7.13. The Bertz CT molecular complexity index is 466. The third-order valence-electron chi connectivity index (χ3n) is 3.81. The van der Waals surface area contributed by atoms with Crippen molar-refractivity contribution >= 4 is 16.9 Å². The minimum absolute atomic E-state index is 0.0440. The lowest BCUT2D eigenvalue weighted by Gasteiger charge is -2.36. The highest BCUT2D eigenvalue weighted by Crippen LogP contribution is 2.44. The van der Waals surface area contributed by atoms with Crippen molar-refractivity contribution in [3.8, 4) is 0 Å². The van der Waals surface area contributed by atoms with E-state index in [0.29, 0.717) is 0 Å². The topological polar surface area (TPSA) is 17.1 Å². The van der Waals surface area contributed by atoms with Gasteiger partial charge >= 0.3 is 0 Å². The number of unbranched alkanes of at least 4 members (excludes halogenated alkanes) is 2. The van der Waals surface area contributed by atoms with E-state index in [-0.39, 0.29) is 9.86 Å². The quantitative estimate of drug-likeness (QED) is 0.535. The van der Waals surface area contributed by atoms with Gasteiger partial charge in [0.15, 0.2) is 0 Å². The van der Waals surface area contributed by atoms with Crippen LogP contribution in [0.4, 0.5) is 0 Å². The van der Waals surface area contributed by atoms with Gasteiger partial charge in [-0.25, -0.2) is 0 Å². The zero-order valence-corrected chi connectivity index (χ0v) is 12.5. The summed E-state index contributed by atoms with van der Waals surface area (Å²) in [6, 6.07) is 8.04. The molecule has 0 saturated heterocycles. The van der Waals surface area contributed by atoms with Gasteiger partial charge in [0.05, 0.1) is 0 Å². The molecule has 0 amide bonds. The molecule has 19 heavy (non-hydrogen) atoms. The summed E-state index contributed by atoms with van der Waals surface area (Å²) in [5.41, 5.74) is 2.12. The van der Waals surface area contributed by atoms with Gasteiger partial charge in [-0.2, -0.15) is 0 Å². The molecule has 0 bridgehead atoms. The maximum Gasteiger partial charge on any atom is 0.220 e. The fourth-order valence-electron chi connectivity index (χ4n) is 2.82. The van der Waals surface area contributed by atoms with Gasteiger partial charge in [0.25, 0.3) is 0 Å². The molecule has 1 aliphatic rings. The number of allylic oxidation sites excluding steroid dienone is 1. The second-order valence-corrected chi connectivity index (χ2v) is 6.80. The normalized spacial score (nSPS) is 22.1. The molecule has 1 aromatic carbocycles. The first kappa shape index (κ1) is 14.4. The van der Waals surface area contributed by atoms with E-state index in [2.05, 4.69) is 19.6 Å². The van der Waals surface area contributed by atoms with Gasteiger partial charge in [0.1, 0.15) is 0 Å². The van der Waals surface area contributed by atoms with Crippen LogP contribution in [0, 0.1) is 0 Å². The Morgan fingerprint density at radius 1 is 1.37 bits per heavy atom. The molecule has 102 valence electrons. The van der Waals surface area contributed by atoms with Crippen LogP contribution in [0.2, 0.25) is 0 Å². The largest absolute Gasteiger partial charge is 0.282 e. The lowest BCUT2D eigenvalue weighted by atomic mass is 9.87. The van der Waals surface area contributed by atoms with Crippen LogP contribution in [0.15, 0.2) is 36.9 Å². The van der Waals surface area contributed by atoms with Crippen LogP contribution in [0.5, 0.6) is 0 Å². The zero-order chi connectivity index (χ0) is 13.7. The molecule has 0 aliphatic carbocycles. The van der Waals surface area contributed by atoms with Crippen LogP contribution in [0.1, 0.15) is 54.9 Å². The monoisotopic (exact) mass is 274 g/mol. The SMILES string of the molecule is C=CCC1(CCCCC)Cc2ccccc2C(=O)S1. The van der Waals surface area contributed by atoms with Crippen molar-refractivity contribution in [2.24, 2.45) is 0 Å². The third kappa shape index (κ3) is 3.30. The van der Waals surface area contributed by atoms with Crippen LogP contribution < -0.4 is 0 Å². The van der Waals surface area contributed by atoms with Gasteiger partial charge in [-0.3, -0.25) is 4.79 Å². The number of thioether (sulfide) groups is 1. The number of carbonyl (C=O) groups excluding carboxylic acids is 1. The summed E-state index contributed by atoms with van der Waals surface area (Å²) in [5.74, 6) is 0. The van der Waals surface area contributed by atoms with Crippen molar-refractivity contribution in [2.75, 3.05) is 0 Å². The van der Waals surface area contributed by atoms with Crippen molar-refractivity contribution in [1.29, 1.82) is 0 Å². The Morgan fingerprint density at radius 3 is 2.89 bits per heavy atom. The van der Waals surface area contributed by atoms with Crippen molar-refractivity contribution in [3.05, 3.63) is 48.0 Å². The molecule has 1 atom stereocenters. The number of fused-ring (bicyclic) bond motifs is 1. The molecule has 1 nitrogen and oxygen atoms in total. The number of benzene rings is 1. The molecule has 0 spiro atoms. The number of carbonyl (C=O) groups is 1. The van der Waals surface area contributed by atoms with E-state index in [0.717, 1.165) is 24.8 Å². The highest BCUT2D eigenvalue weighted by molar-refractivity contribution is 8.15. The van der Waals surface area contributed by atoms with Crippen molar-refractivity contribution in [3.63, 3.8) is 0 Å². The predicted molar refractivity (Wildman–Crippen MR) is 83.8 cm³/mol. The van der Waals surface area contributed by atoms with Crippen LogP contribution in [0.25, 0.3) is 0 Å². The molecule has 2 rings (SSSR count). The highest BCUT2D eigenvalue weighted by atomic mass is 32.2. The van der Waals surface area contributed by atoms with Gasteiger partial charge in [0, 0.05) is 10.3 Å². The maximum atomic E-state index is 12.3. The van der Waals surface area contributed by atoms with Gasteiger partial charge in [0.2, 0.25) is 5.12 Å². The van der Waals surface area contributed by atoms with Crippen molar-refractivity contribution in [2.45, 2.75) is 50.2 Å². The molecule has 1 unspecified atom stereocenters. The Kier molecular flexibility index (Phi) is 4.87. The molecule has 1 aliphatic heterocycles. The van der Waals surface area contributed by atoms with Crippen LogP contribution in [-0.2, 0) is 6.42 Å². The van der Waals surface area contributed by atoms with E-state index < -0.39 is 0 Å². The summed E-state index contributed by atoms with van der Waals surface area (Å²) >= 11 is 1.54. The predicted octanol–water partition coefficient (Wildman–Crippen LogP) is 5.01. The van der Waals surface area contributed by atoms with E-state index in [1.807, 2.05) is 24.3 Å². The summed E-state index contributed by atoms with van der Waals surface area (Å²) in [5, 5.41) is 0.236. The fraction of sp³-hybridized carbons (Fsp3) is 0.471. The standard InChI is InChI=1S/C17H22OS/c1-3-5-8-12-17(11-4-2)13-14-9-6-7-10-15(14)16(18)19-17/h4,6-7,9-10H,2-3,5,8,11-13H2,1H3. The van der Waals surface area contributed by atoms with E-state index >= 15 is 0 Å². The molecule has 0 aromatic heterocycles. The fourth-order valence-corrected chi connectivity index (χ4v) is 4.20. The summed E-state index contributed by atoms with van der Waals surface area (Å²) < 4.78 is 0.0440. The summed E-state index contributed by atoms with van der Waals surface area (Å²) in [4.78, 5) is 12.3. The van der Waals surface area contributed by atoms with Gasteiger partial charge < -0.3 is 0 Å². The lowest BCUT2D eigenvalue weighted by molar-refractivity contribution is 0.108. The number of rotatable bonds is 6. The van der Waals surface area contributed by atoms with E-state index in [4.69, 9.17) is 0 Å². The number of hydrogen-bond donors (Lipinski definition) is 0. The van der Waals surface area contributed by atoms with Gasteiger partial charge in [-0.15, -0.1) is 6.58 Å². The van der Waals surface area contributed by atoms with E-state index in [1.165, 1.54) is 24.8 Å². The molecule has 0 radical (unpaired) electrons. The molecular weight excluding hydrogens is 252 g/mol. The average molecular weight is 274 g/mol. The minimum atomic E-state index is 0.0440. The smallest absolute Gasteiger partial charge is 0.220 e. The Labute approximate surface area is 120 Å². The van der Waals surface area contributed by atoms with Crippen molar-refractivity contribution in [1.82, 2.24) is 0 Å². The van der Waals surface area contributed by atoms with Gasteiger partial charge in [-0.05, 0) is 24.8 Å². The van der Waals surface area contributed by atoms with Crippen LogP contribution >= 0.6 is 11.8 Å². The van der Waals surface area contributed by atoms with Crippen LogP contribution in [-0.4, -0.2) is 9.86 Å². The van der Waals surface area contributed by atoms with E-state index in [1.54, 1.807) is 11.8 Å². The molecule has 2 heteroatoms. The molecule has 1 heterocycles. The highest BCUT2D eigenvalue weighted by Gasteiger charge is 2.37. The van der Waals surface area contributed by atoms with Crippen LogP contribution in [0.3, 0.4) is 0 Å². The summed E-state index contributed by atoms with van der Waals surface area (Å²) in [6.45, 7) is 6.10. The summed E-state index contributed by atoms with van der Waals surface area (Å²) in [6.07, 6.45) is 8.66. The zero-order valence-electron chi connectivity index (χ0n) is 11.7. The first-order valence-corrected chi connectivity index (χ1v) is 7.94. The average Bonchev–Trinajstić information content (AvgIpc) is 2.39. The van der Waals surface area contributed by atoms with E-state index in [9.17, 15) is 4.79 Å². The summed E-state index contributed by atoms with van der Waals surface area (Å²) in [7, 11) is 0. The first-order chi connectivity index (χ1) is 9.21. The molecule has 0 fully saturated rings. The number of hydrogen-bond acceptors (Lipinski definition) is 2. The maximum absolute atomic E-state index is 12.3. The Balaban J connectivity index is 2.22.